The minimum absolute atomic E-state index is 0.794. The zero-order valence-corrected chi connectivity index (χ0v) is 8.90. The molecule has 4 heteroatoms. The maximum absolute atomic E-state index is 5.88. The van der Waals surface area contributed by atoms with E-state index in [4.69, 9.17) is 5.73 Å². The van der Waals surface area contributed by atoms with E-state index < -0.39 is 0 Å². The number of nitrogens with two attached hydrogens (primary N) is 1. The van der Waals surface area contributed by atoms with Crippen molar-refractivity contribution in [2.75, 3.05) is 23.7 Å². The van der Waals surface area contributed by atoms with Crippen LogP contribution in [0, 0.1) is 5.92 Å². The van der Waals surface area contributed by atoms with E-state index in [-0.39, 0.29) is 0 Å². The molecule has 14 heavy (non-hydrogen) atoms. The summed E-state index contributed by atoms with van der Waals surface area (Å²) in [6.07, 6.45) is 4.24. The third-order valence-corrected chi connectivity index (χ3v) is 3.02. The number of aromatic nitrogens is 2. The van der Waals surface area contributed by atoms with Gasteiger partial charge in [0.15, 0.2) is 0 Å². The molecule has 0 bridgehead atoms. The molecule has 0 saturated carbocycles. The summed E-state index contributed by atoms with van der Waals surface area (Å²) in [6, 6.07) is 0. The van der Waals surface area contributed by atoms with Gasteiger partial charge < -0.3 is 10.6 Å². The zero-order chi connectivity index (χ0) is 10.1. The lowest BCUT2D eigenvalue weighted by Gasteiger charge is -2.32. The molecule has 1 aliphatic rings. The number of piperidine rings is 1. The SMILES string of the molecule is CC1CCN(c2c(N)cnn2C)CC1. The van der Waals surface area contributed by atoms with E-state index in [1.807, 2.05) is 11.7 Å². The number of rotatable bonds is 1. The van der Waals surface area contributed by atoms with E-state index >= 15 is 0 Å². The predicted octanol–water partition coefficient (Wildman–Crippen LogP) is 1.24. The lowest BCUT2D eigenvalue weighted by Crippen LogP contribution is -2.34. The highest BCUT2D eigenvalue weighted by Crippen LogP contribution is 2.26. The monoisotopic (exact) mass is 194 g/mol. The first kappa shape index (κ1) is 9.37. The Kier molecular flexibility index (Phi) is 2.35. The average Bonchev–Trinajstić information content (AvgIpc) is 2.49. The molecule has 0 spiro atoms. The second-order valence-corrected chi connectivity index (χ2v) is 4.22. The Morgan fingerprint density at radius 3 is 2.57 bits per heavy atom. The van der Waals surface area contributed by atoms with Crippen molar-refractivity contribution < 1.29 is 0 Å². The highest BCUT2D eigenvalue weighted by Gasteiger charge is 2.20. The fourth-order valence-electron chi connectivity index (χ4n) is 2.06. The van der Waals surface area contributed by atoms with Gasteiger partial charge in [-0.1, -0.05) is 6.92 Å². The number of anilines is 2. The van der Waals surface area contributed by atoms with Gasteiger partial charge in [-0.05, 0) is 18.8 Å². The van der Waals surface area contributed by atoms with Gasteiger partial charge in [0.05, 0.1) is 11.9 Å². The van der Waals surface area contributed by atoms with Crippen LogP contribution in [0.2, 0.25) is 0 Å². The third kappa shape index (κ3) is 1.56. The number of nitrogen functional groups attached to an aromatic ring is 1. The molecule has 4 nitrogen and oxygen atoms in total. The second-order valence-electron chi connectivity index (χ2n) is 4.22. The van der Waals surface area contributed by atoms with E-state index in [1.165, 1.54) is 12.8 Å². The summed E-state index contributed by atoms with van der Waals surface area (Å²) >= 11 is 0. The Hall–Kier alpha value is -1.19. The normalized spacial score (nSPS) is 18.9. The number of aryl methyl sites for hydroxylation is 1. The fraction of sp³-hybridized carbons (Fsp3) is 0.700. The molecule has 2 N–H and O–H groups in total. The van der Waals surface area contributed by atoms with Crippen LogP contribution in [-0.4, -0.2) is 22.9 Å². The largest absolute Gasteiger partial charge is 0.394 e. The van der Waals surface area contributed by atoms with Gasteiger partial charge in [0, 0.05) is 20.1 Å². The van der Waals surface area contributed by atoms with Crippen LogP contribution in [0.15, 0.2) is 6.20 Å². The molecule has 1 aliphatic heterocycles. The van der Waals surface area contributed by atoms with Gasteiger partial charge in [0.2, 0.25) is 0 Å². The summed E-state index contributed by atoms with van der Waals surface area (Å²) < 4.78 is 1.87. The van der Waals surface area contributed by atoms with E-state index in [1.54, 1.807) is 6.20 Å². The molecule has 0 unspecified atom stereocenters. The summed E-state index contributed by atoms with van der Waals surface area (Å²) in [4.78, 5) is 2.34. The van der Waals surface area contributed by atoms with Crippen molar-refractivity contribution in [3.8, 4) is 0 Å². The van der Waals surface area contributed by atoms with E-state index in [0.29, 0.717) is 0 Å². The molecule has 2 heterocycles. The van der Waals surface area contributed by atoms with Crippen LogP contribution in [0.5, 0.6) is 0 Å². The molecular formula is C10H18N4. The fourth-order valence-corrected chi connectivity index (χ4v) is 2.06. The molecule has 2 rings (SSSR count). The number of nitrogens with zero attached hydrogens (tertiary/aromatic N) is 3. The molecule has 0 aliphatic carbocycles. The van der Waals surface area contributed by atoms with Crippen LogP contribution in [0.25, 0.3) is 0 Å². The molecule has 1 fully saturated rings. The topological polar surface area (TPSA) is 47.1 Å². The molecule has 0 amide bonds. The smallest absolute Gasteiger partial charge is 0.150 e. The Bertz CT molecular complexity index is 290. The van der Waals surface area contributed by atoms with Crippen LogP contribution >= 0.6 is 0 Å². The van der Waals surface area contributed by atoms with E-state index in [0.717, 1.165) is 30.5 Å². The Labute approximate surface area is 84.7 Å². The minimum atomic E-state index is 0.794. The van der Waals surface area contributed by atoms with Gasteiger partial charge in [-0.15, -0.1) is 0 Å². The van der Waals surface area contributed by atoms with Crippen molar-refractivity contribution in [1.82, 2.24) is 9.78 Å². The summed E-state index contributed by atoms with van der Waals surface area (Å²) in [5.74, 6) is 1.93. The van der Waals surface area contributed by atoms with Crippen molar-refractivity contribution >= 4 is 11.5 Å². The molecule has 0 radical (unpaired) electrons. The third-order valence-electron chi connectivity index (χ3n) is 3.02. The molecule has 1 aromatic heterocycles. The van der Waals surface area contributed by atoms with Gasteiger partial charge >= 0.3 is 0 Å². The maximum Gasteiger partial charge on any atom is 0.150 e. The predicted molar refractivity (Wildman–Crippen MR) is 58.2 cm³/mol. The van der Waals surface area contributed by atoms with Crippen LogP contribution in [-0.2, 0) is 7.05 Å². The molecule has 78 valence electrons. The second kappa shape index (κ2) is 3.52. The lowest BCUT2D eigenvalue weighted by molar-refractivity contribution is 0.433. The van der Waals surface area contributed by atoms with Gasteiger partial charge in [0.25, 0.3) is 0 Å². The van der Waals surface area contributed by atoms with Crippen molar-refractivity contribution in [3.05, 3.63) is 6.20 Å². The molecule has 1 aromatic rings. The molecule has 0 aromatic carbocycles. The van der Waals surface area contributed by atoms with Gasteiger partial charge in [0.1, 0.15) is 5.82 Å². The Morgan fingerprint density at radius 1 is 1.43 bits per heavy atom. The molecule has 0 atom stereocenters. The minimum Gasteiger partial charge on any atom is -0.394 e. The summed E-state index contributed by atoms with van der Waals surface area (Å²) in [6.45, 7) is 4.51. The Morgan fingerprint density at radius 2 is 2.07 bits per heavy atom. The van der Waals surface area contributed by atoms with Gasteiger partial charge in [-0.25, -0.2) is 0 Å². The highest BCUT2D eigenvalue weighted by molar-refractivity contribution is 5.62. The summed E-state index contributed by atoms with van der Waals surface area (Å²) in [7, 11) is 1.95. The maximum atomic E-state index is 5.88. The van der Waals surface area contributed by atoms with Gasteiger partial charge in [-0.3, -0.25) is 4.68 Å². The average molecular weight is 194 g/mol. The summed E-state index contributed by atoms with van der Waals surface area (Å²) in [5, 5.41) is 4.16. The van der Waals surface area contributed by atoms with Crippen molar-refractivity contribution in [3.63, 3.8) is 0 Å². The highest BCUT2D eigenvalue weighted by atomic mass is 15.4. The van der Waals surface area contributed by atoms with Crippen molar-refractivity contribution in [1.29, 1.82) is 0 Å². The van der Waals surface area contributed by atoms with Crippen LogP contribution in [0.3, 0.4) is 0 Å². The van der Waals surface area contributed by atoms with Crippen molar-refractivity contribution in [2.24, 2.45) is 13.0 Å². The quantitative estimate of drug-likeness (QED) is 0.731. The number of hydrogen-bond donors (Lipinski definition) is 1. The van der Waals surface area contributed by atoms with E-state index in [2.05, 4.69) is 16.9 Å². The Balaban J connectivity index is 2.15. The first-order valence-electron chi connectivity index (χ1n) is 5.21. The first-order valence-corrected chi connectivity index (χ1v) is 5.21. The van der Waals surface area contributed by atoms with Crippen molar-refractivity contribution in [2.45, 2.75) is 19.8 Å². The lowest BCUT2D eigenvalue weighted by atomic mass is 9.99. The summed E-state index contributed by atoms with van der Waals surface area (Å²) in [5.41, 5.74) is 6.68. The first-order chi connectivity index (χ1) is 6.68. The standard InChI is InChI=1S/C10H18N4/c1-8-3-5-14(6-4-8)10-9(11)7-12-13(10)2/h7-8H,3-6,11H2,1-2H3. The molecular weight excluding hydrogens is 176 g/mol. The van der Waals surface area contributed by atoms with Crippen LogP contribution in [0.4, 0.5) is 11.5 Å². The van der Waals surface area contributed by atoms with E-state index in [9.17, 15) is 0 Å². The number of hydrogen-bond acceptors (Lipinski definition) is 3. The van der Waals surface area contributed by atoms with Gasteiger partial charge in [-0.2, -0.15) is 5.10 Å². The zero-order valence-electron chi connectivity index (χ0n) is 8.90. The molecule has 1 saturated heterocycles. The van der Waals surface area contributed by atoms with Crippen LogP contribution < -0.4 is 10.6 Å². The van der Waals surface area contributed by atoms with Crippen LogP contribution in [0.1, 0.15) is 19.8 Å².